The zero-order chi connectivity index (χ0) is 13.8. The largest absolute Gasteiger partial charge is 0.490 e. The molecule has 1 aliphatic heterocycles. The summed E-state index contributed by atoms with van der Waals surface area (Å²) in [5.74, 6) is 1.40. The molecule has 1 aliphatic rings. The second kappa shape index (κ2) is 6.06. The number of likely N-dealkylation sites (N-methyl/N-ethyl adjacent to an activating group) is 1. The molecule has 3 nitrogen and oxygen atoms in total. The van der Waals surface area contributed by atoms with Crippen LogP contribution < -0.4 is 4.74 Å². The lowest BCUT2D eigenvalue weighted by molar-refractivity contribution is 0.188. The summed E-state index contributed by atoms with van der Waals surface area (Å²) >= 11 is 0. The van der Waals surface area contributed by atoms with Gasteiger partial charge in [-0.25, -0.2) is 0 Å². The monoisotopic (exact) mass is 268 g/mol. The molecule has 1 aromatic heterocycles. The second-order valence-corrected chi connectivity index (χ2v) is 5.35. The number of benzene rings is 1. The lowest BCUT2D eigenvalue weighted by atomic mass is 9.92. The van der Waals surface area contributed by atoms with Gasteiger partial charge < -0.3 is 4.74 Å². The van der Waals surface area contributed by atoms with Crippen molar-refractivity contribution >= 4 is 0 Å². The standard InChI is InChI=1S/C17H20N2O/c1-19-11-9-16(14-6-3-2-4-7-14)17(19)13-20-15-8-5-10-18-12-15/h2-8,10,12,16-17H,9,11,13H2,1H3/t16?,17-/m0/s1. The molecule has 2 atom stereocenters. The first-order valence-corrected chi connectivity index (χ1v) is 7.12. The molecule has 0 N–H and O–H groups in total. The minimum atomic E-state index is 0.428. The van der Waals surface area contributed by atoms with Gasteiger partial charge in [-0.05, 0) is 37.7 Å². The summed E-state index contributed by atoms with van der Waals surface area (Å²) in [6.45, 7) is 1.84. The molecule has 0 spiro atoms. The van der Waals surface area contributed by atoms with E-state index in [1.807, 2.05) is 12.1 Å². The van der Waals surface area contributed by atoms with Crippen LogP contribution in [0, 0.1) is 0 Å². The van der Waals surface area contributed by atoms with E-state index in [0.29, 0.717) is 18.6 Å². The smallest absolute Gasteiger partial charge is 0.137 e. The molecule has 104 valence electrons. The van der Waals surface area contributed by atoms with Crippen molar-refractivity contribution < 1.29 is 4.74 Å². The third-order valence-electron chi connectivity index (χ3n) is 4.11. The predicted molar refractivity (Wildman–Crippen MR) is 80.0 cm³/mol. The van der Waals surface area contributed by atoms with Gasteiger partial charge in [-0.3, -0.25) is 9.88 Å². The summed E-state index contributed by atoms with van der Waals surface area (Å²) in [4.78, 5) is 6.48. The Hall–Kier alpha value is -1.87. The van der Waals surface area contributed by atoms with Crippen LogP contribution in [-0.2, 0) is 0 Å². The van der Waals surface area contributed by atoms with Gasteiger partial charge in [0, 0.05) is 12.1 Å². The Morgan fingerprint density at radius 3 is 2.80 bits per heavy atom. The third-order valence-corrected chi connectivity index (χ3v) is 4.11. The van der Waals surface area contributed by atoms with E-state index in [9.17, 15) is 0 Å². The Balaban J connectivity index is 1.70. The van der Waals surface area contributed by atoms with Crippen molar-refractivity contribution in [2.45, 2.75) is 18.4 Å². The Labute approximate surface area is 120 Å². The topological polar surface area (TPSA) is 25.4 Å². The van der Waals surface area contributed by atoms with E-state index in [-0.39, 0.29) is 0 Å². The highest BCUT2D eigenvalue weighted by atomic mass is 16.5. The van der Waals surface area contributed by atoms with Crippen LogP contribution in [0.2, 0.25) is 0 Å². The number of nitrogens with zero attached hydrogens (tertiary/aromatic N) is 2. The average Bonchev–Trinajstić information content (AvgIpc) is 2.88. The second-order valence-electron chi connectivity index (χ2n) is 5.35. The zero-order valence-corrected chi connectivity index (χ0v) is 11.8. The maximum atomic E-state index is 5.91. The maximum absolute atomic E-state index is 5.91. The van der Waals surface area contributed by atoms with E-state index in [0.717, 1.165) is 12.3 Å². The number of hydrogen-bond acceptors (Lipinski definition) is 3. The minimum absolute atomic E-state index is 0.428. The van der Waals surface area contributed by atoms with Gasteiger partial charge in [0.2, 0.25) is 0 Å². The zero-order valence-electron chi connectivity index (χ0n) is 11.8. The Bertz CT molecular complexity index is 529. The molecule has 1 fully saturated rings. The summed E-state index contributed by atoms with van der Waals surface area (Å²) in [6, 6.07) is 15.0. The summed E-state index contributed by atoms with van der Waals surface area (Å²) in [7, 11) is 2.18. The summed E-state index contributed by atoms with van der Waals surface area (Å²) in [5.41, 5.74) is 1.41. The highest BCUT2D eigenvalue weighted by Crippen LogP contribution is 2.32. The van der Waals surface area contributed by atoms with Crippen LogP contribution in [0.25, 0.3) is 0 Å². The van der Waals surface area contributed by atoms with Crippen molar-refractivity contribution in [2.75, 3.05) is 20.2 Å². The van der Waals surface area contributed by atoms with Gasteiger partial charge in [0.15, 0.2) is 0 Å². The molecule has 20 heavy (non-hydrogen) atoms. The van der Waals surface area contributed by atoms with Crippen LogP contribution in [0.4, 0.5) is 0 Å². The van der Waals surface area contributed by atoms with Gasteiger partial charge in [0.1, 0.15) is 12.4 Å². The van der Waals surface area contributed by atoms with E-state index in [1.54, 1.807) is 12.4 Å². The quantitative estimate of drug-likeness (QED) is 0.852. The molecule has 0 bridgehead atoms. The van der Waals surface area contributed by atoms with Gasteiger partial charge in [0.25, 0.3) is 0 Å². The third kappa shape index (κ3) is 2.83. The number of hydrogen-bond donors (Lipinski definition) is 0. The number of rotatable bonds is 4. The normalized spacial score (nSPS) is 22.9. The van der Waals surface area contributed by atoms with Crippen LogP contribution >= 0.6 is 0 Å². The van der Waals surface area contributed by atoms with Gasteiger partial charge in [0.05, 0.1) is 12.2 Å². The predicted octanol–water partition coefficient (Wildman–Crippen LogP) is 2.95. The molecular weight excluding hydrogens is 248 g/mol. The summed E-state index contributed by atoms with van der Waals surface area (Å²) < 4.78 is 5.91. The van der Waals surface area contributed by atoms with Crippen molar-refractivity contribution in [1.82, 2.24) is 9.88 Å². The van der Waals surface area contributed by atoms with E-state index >= 15 is 0 Å². The molecule has 3 heteroatoms. The van der Waals surface area contributed by atoms with Crippen molar-refractivity contribution in [3.8, 4) is 5.75 Å². The summed E-state index contributed by atoms with van der Waals surface area (Å²) in [5, 5.41) is 0. The number of pyridine rings is 1. The lowest BCUT2D eigenvalue weighted by Gasteiger charge is -2.25. The van der Waals surface area contributed by atoms with Gasteiger partial charge in [-0.1, -0.05) is 30.3 Å². The van der Waals surface area contributed by atoms with E-state index in [4.69, 9.17) is 4.74 Å². The number of ether oxygens (including phenoxy) is 1. The SMILES string of the molecule is CN1CCC(c2ccccc2)[C@@H]1COc1cccnc1. The van der Waals surface area contributed by atoms with E-state index < -0.39 is 0 Å². The van der Waals surface area contributed by atoms with Gasteiger partial charge >= 0.3 is 0 Å². The number of aromatic nitrogens is 1. The fourth-order valence-electron chi connectivity index (χ4n) is 2.95. The fraction of sp³-hybridized carbons (Fsp3) is 0.353. The van der Waals surface area contributed by atoms with Crippen LogP contribution in [0.5, 0.6) is 5.75 Å². The first-order valence-electron chi connectivity index (χ1n) is 7.12. The molecular formula is C17H20N2O. The Morgan fingerprint density at radius 1 is 1.20 bits per heavy atom. The Kier molecular flexibility index (Phi) is 3.97. The molecule has 1 saturated heterocycles. The fourth-order valence-corrected chi connectivity index (χ4v) is 2.95. The first kappa shape index (κ1) is 13.1. The van der Waals surface area contributed by atoms with Crippen LogP contribution in [0.3, 0.4) is 0 Å². The molecule has 0 amide bonds. The molecule has 0 radical (unpaired) electrons. The highest BCUT2D eigenvalue weighted by molar-refractivity contribution is 5.23. The van der Waals surface area contributed by atoms with Crippen molar-refractivity contribution in [2.24, 2.45) is 0 Å². The summed E-state index contributed by atoms with van der Waals surface area (Å²) in [6.07, 6.45) is 4.73. The average molecular weight is 268 g/mol. The van der Waals surface area contributed by atoms with Gasteiger partial charge in [-0.15, -0.1) is 0 Å². The number of likely N-dealkylation sites (tertiary alicyclic amines) is 1. The van der Waals surface area contributed by atoms with Crippen molar-refractivity contribution in [3.05, 3.63) is 60.4 Å². The minimum Gasteiger partial charge on any atom is -0.490 e. The maximum Gasteiger partial charge on any atom is 0.137 e. The van der Waals surface area contributed by atoms with E-state index in [2.05, 4.69) is 47.3 Å². The molecule has 1 aromatic carbocycles. The lowest BCUT2D eigenvalue weighted by Crippen LogP contribution is -2.34. The molecule has 1 unspecified atom stereocenters. The van der Waals surface area contributed by atoms with Gasteiger partial charge in [-0.2, -0.15) is 0 Å². The van der Waals surface area contributed by atoms with Crippen LogP contribution in [-0.4, -0.2) is 36.1 Å². The highest BCUT2D eigenvalue weighted by Gasteiger charge is 2.33. The van der Waals surface area contributed by atoms with Crippen LogP contribution in [0.15, 0.2) is 54.9 Å². The van der Waals surface area contributed by atoms with Crippen molar-refractivity contribution in [3.63, 3.8) is 0 Å². The molecule has 2 aromatic rings. The molecule has 0 aliphatic carbocycles. The van der Waals surface area contributed by atoms with E-state index in [1.165, 1.54) is 12.0 Å². The first-order chi connectivity index (χ1) is 9.84. The Morgan fingerprint density at radius 2 is 2.05 bits per heavy atom. The molecule has 0 saturated carbocycles. The van der Waals surface area contributed by atoms with Crippen molar-refractivity contribution in [1.29, 1.82) is 0 Å². The van der Waals surface area contributed by atoms with Crippen LogP contribution in [0.1, 0.15) is 17.9 Å². The molecule has 2 heterocycles. The molecule has 3 rings (SSSR count).